The lowest BCUT2D eigenvalue weighted by molar-refractivity contribution is -0.231. The van der Waals surface area contributed by atoms with Crippen molar-refractivity contribution >= 4 is 17.4 Å². The number of anilines is 2. The highest BCUT2D eigenvalue weighted by Gasteiger charge is 2.44. The van der Waals surface area contributed by atoms with E-state index in [1.54, 1.807) is 42.5 Å². The quantitative estimate of drug-likeness (QED) is 0.237. The second-order valence-electron chi connectivity index (χ2n) is 9.23. The Bertz CT molecular complexity index is 1070. The first kappa shape index (κ1) is 27.4. The van der Waals surface area contributed by atoms with Crippen LogP contribution in [0.5, 0.6) is 0 Å². The number of amides is 2. The first-order valence-corrected chi connectivity index (χ1v) is 11.9. The third-order valence-corrected chi connectivity index (χ3v) is 6.59. The number of nitrogens with one attached hydrogen (secondary N) is 2. The van der Waals surface area contributed by atoms with Crippen molar-refractivity contribution in [3.63, 3.8) is 0 Å². The molecule has 0 spiro atoms. The molecule has 2 heterocycles. The van der Waals surface area contributed by atoms with Crippen LogP contribution in [0.25, 0.3) is 0 Å². The second-order valence-corrected chi connectivity index (χ2v) is 9.23. The Hall–Kier alpha value is -2.65. The fraction of sp³-hybridized carbons (Fsp3) is 0.480. The van der Waals surface area contributed by atoms with E-state index >= 15 is 0 Å². The molecule has 9 atom stereocenters. The number of aliphatic hydroxyl groups excluding tert-OH is 7. The van der Waals surface area contributed by atoms with Crippen LogP contribution < -0.4 is 10.6 Å². The largest absolute Gasteiger partial charge is 0.394 e. The predicted molar refractivity (Wildman–Crippen MR) is 130 cm³/mol. The monoisotopic (exact) mass is 520 g/mol. The van der Waals surface area contributed by atoms with Gasteiger partial charge in [-0.1, -0.05) is 24.3 Å². The highest BCUT2D eigenvalue weighted by molar-refractivity contribution is 5.99. The van der Waals surface area contributed by atoms with E-state index in [1.807, 2.05) is 0 Å². The predicted octanol–water partition coefficient (Wildman–Crippen LogP) is -0.610. The summed E-state index contributed by atoms with van der Waals surface area (Å²) < 4.78 is 11.3. The second kappa shape index (κ2) is 11.8. The first-order chi connectivity index (χ1) is 17.7. The molecule has 0 saturated carbocycles. The number of benzene rings is 2. The molecule has 0 aromatic heterocycles. The molecule has 2 fully saturated rings. The van der Waals surface area contributed by atoms with Gasteiger partial charge in [0.25, 0.3) is 0 Å². The summed E-state index contributed by atoms with van der Waals surface area (Å²) >= 11 is 0. The zero-order valence-electron chi connectivity index (χ0n) is 19.8. The van der Waals surface area contributed by atoms with E-state index in [-0.39, 0.29) is 13.0 Å². The van der Waals surface area contributed by atoms with Gasteiger partial charge in [-0.3, -0.25) is 0 Å². The van der Waals surface area contributed by atoms with Gasteiger partial charge in [0, 0.05) is 17.8 Å². The van der Waals surface area contributed by atoms with E-state index in [1.165, 1.54) is 6.07 Å². The minimum Gasteiger partial charge on any atom is -0.394 e. The zero-order valence-corrected chi connectivity index (χ0v) is 19.8. The van der Waals surface area contributed by atoms with Crippen molar-refractivity contribution in [2.45, 2.75) is 61.4 Å². The van der Waals surface area contributed by atoms with Crippen molar-refractivity contribution in [2.75, 3.05) is 23.8 Å². The molecule has 0 unspecified atom stereocenters. The molecule has 2 saturated heterocycles. The highest BCUT2D eigenvalue weighted by atomic mass is 16.5. The SMILES string of the molecule is O=C(Nc1cccc([C@H]2O[C@H](CO)C[C@H](O)[C@@H]2O)c1)Nc1cccc([C@H]2O[C@H](CO)[C@@H](O)[C@H](O)[C@@H]2O)c1. The first-order valence-electron chi connectivity index (χ1n) is 11.9. The third-order valence-electron chi connectivity index (χ3n) is 6.59. The smallest absolute Gasteiger partial charge is 0.323 e. The van der Waals surface area contributed by atoms with Gasteiger partial charge in [0.2, 0.25) is 0 Å². The van der Waals surface area contributed by atoms with Gasteiger partial charge in [-0.2, -0.15) is 0 Å². The summed E-state index contributed by atoms with van der Waals surface area (Å²) in [4.78, 5) is 12.7. The van der Waals surface area contributed by atoms with Gasteiger partial charge in [0.1, 0.15) is 42.7 Å². The third kappa shape index (κ3) is 6.09. The van der Waals surface area contributed by atoms with E-state index in [9.17, 15) is 40.5 Å². The van der Waals surface area contributed by atoms with E-state index in [2.05, 4.69) is 10.6 Å². The molecule has 0 aliphatic carbocycles. The average molecular weight is 521 g/mol. The molecule has 37 heavy (non-hydrogen) atoms. The molecule has 12 heteroatoms. The maximum Gasteiger partial charge on any atom is 0.323 e. The molecule has 0 radical (unpaired) electrons. The number of ether oxygens (including phenoxy) is 2. The Morgan fingerprint density at radius 1 is 0.757 bits per heavy atom. The Balaban J connectivity index is 1.43. The highest BCUT2D eigenvalue weighted by Crippen LogP contribution is 2.34. The van der Waals surface area contributed by atoms with Crippen molar-refractivity contribution in [3.8, 4) is 0 Å². The maximum absolute atomic E-state index is 12.7. The van der Waals surface area contributed by atoms with Gasteiger partial charge in [-0.25, -0.2) is 4.79 Å². The Kier molecular flexibility index (Phi) is 8.75. The fourth-order valence-electron chi connectivity index (χ4n) is 4.60. The van der Waals surface area contributed by atoms with Crippen molar-refractivity contribution in [3.05, 3.63) is 59.7 Å². The number of urea groups is 1. The lowest BCUT2D eigenvalue weighted by Crippen LogP contribution is -2.55. The number of hydrogen-bond acceptors (Lipinski definition) is 10. The summed E-state index contributed by atoms with van der Waals surface area (Å²) in [5.74, 6) is 0. The van der Waals surface area contributed by atoms with Crippen molar-refractivity contribution in [1.29, 1.82) is 0 Å². The van der Waals surface area contributed by atoms with Gasteiger partial charge in [0.15, 0.2) is 0 Å². The van der Waals surface area contributed by atoms with Crippen molar-refractivity contribution in [1.82, 2.24) is 0 Å². The summed E-state index contributed by atoms with van der Waals surface area (Å²) in [7, 11) is 0. The standard InChI is InChI=1S/C25H32N2O10/c28-10-16-9-17(30)19(31)23(36-16)12-3-1-5-14(7-12)26-25(35)27-15-6-2-4-13(8-15)24-22(34)21(33)20(32)18(11-29)37-24/h1-8,16-24,28-34H,9-11H2,(H2,26,27,35)/t16-,17-,18+,19-,20+,21-,22-,23+,24+/m0/s1. The van der Waals surface area contributed by atoms with Crippen molar-refractivity contribution in [2.24, 2.45) is 0 Å². The van der Waals surface area contributed by atoms with Gasteiger partial charge >= 0.3 is 6.03 Å². The van der Waals surface area contributed by atoms with Crippen LogP contribution in [0.2, 0.25) is 0 Å². The molecular formula is C25H32N2O10. The van der Waals surface area contributed by atoms with Crippen LogP contribution >= 0.6 is 0 Å². The summed E-state index contributed by atoms with van der Waals surface area (Å²) in [6.07, 6.45) is -10.2. The fourth-order valence-corrected chi connectivity index (χ4v) is 4.60. The van der Waals surface area contributed by atoms with Gasteiger partial charge in [0.05, 0.1) is 25.4 Å². The van der Waals surface area contributed by atoms with Crippen LogP contribution in [-0.2, 0) is 9.47 Å². The molecule has 2 aliphatic rings. The summed E-state index contributed by atoms with van der Waals surface area (Å²) in [5, 5.41) is 75.0. The van der Waals surface area contributed by atoms with E-state index in [0.29, 0.717) is 22.5 Å². The summed E-state index contributed by atoms with van der Waals surface area (Å²) in [6, 6.07) is 12.3. The molecule has 2 aliphatic heterocycles. The molecule has 0 bridgehead atoms. The Morgan fingerprint density at radius 3 is 1.86 bits per heavy atom. The molecular weight excluding hydrogens is 488 g/mol. The van der Waals surface area contributed by atoms with Crippen LogP contribution in [0.15, 0.2) is 48.5 Å². The Labute approximate surface area is 212 Å². The number of hydrogen-bond donors (Lipinski definition) is 9. The van der Waals surface area contributed by atoms with Gasteiger partial charge < -0.3 is 55.9 Å². The lowest BCUT2D eigenvalue weighted by atomic mass is 9.91. The minimum absolute atomic E-state index is 0.108. The van der Waals surface area contributed by atoms with Crippen LogP contribution in [0.1, 0.15) is 29.8 Å². The average Bonchev–Trinajstić information content (AvgIpc) is 2.89. The zero-order chi connectivity index (χ0) is 26.7. The minimum atomic E-state index is -1.52. The van der Waals surface area contributed by atoms with Gasteiger partial charge in [-0.05, 0) is 35.4 Å². The molecule has 202 valence electrons. The molecule has 4 rings (SSSR count). The van der Waals surface area contributed by atoms with Crippen molar-refractivity contribution < 1.29 is 50.0 Å². The molecule has 2 aromatic carbocycles. The van der Waals surface area contributed by atoms with E-state index < -0.39 is 67.6 Å². The number of aliphatic hydroxyl groups is 7. The molecule has 9 N–H and O–H groups in total. The molecule has 2 amide bonds. The number of carbonyl (C=O) groups excluding carboxylic acids is 1. The van der Waals surface area contributed by atoms with Crippen LogP contribution in [0, 0.1) is 0 Å². The maximum atomic E-state index is 12.7. The van der Waals surface area contributed by atoms with E-state index in [4.69, 9.17) is 9.47 Å². The molecule has 12 nitrogen and oxygen atoms in total. The van der Waals surface area contributed by atoms with Crippen LogP contribution in [0.4, 0.5) is 16.2 Å². The number of rotatable bonds is 6. The van der Waals surface area contributed by atoms with E-state index in [0.717, 1.165) is 0 Å². The lowest BCUT2D eigenvalue weighted by Gasteiger charge is -2.40. The Morgan fingerprint density at radius 2 is 1.32 bits per heavy atom. The van der Waals surface area contributed by atoms with Crippen LogP contribution in [-0.4, -0.2) is 97.7 Å². The number of carbonyl (C=O) groups is 1. The normalized spacial score (nSPS) is 34.1. The summed E-state index contributed by atoms with van der Waals surface area (Å²) in [5.41, 5.74) is 1.66. The van der Waals surface area contributed by atoms with Gasteiger partial charge in [-0.15, -0.1) is 0 Å². The topological polar surface area (TPSA) is 201 Å². The summed E-state index contributed by atoms with van der Waals surface area (Å²) in [6.45, 7) is -0.855. The molecule has 2 aromatic rings. The van der Waals surface area contributed by atoms with Crippen LogP contribution in [0.3, 0.4) is 0 Å².